The maximum Gasteiger partial charge on any atom is 0.253 e. The molecule has 0 radical (unpaired) electrons. The molecule has 24 heavy (non-hydrogen) atoms. The van der Waals surface area contributed by atoms with Crippen molar-refractivity contribution in [2.24, 2.45) is 11.7 Å². The third-order valence-electron chi connectivity index (χ3n) is 4.18. The molecule has 2 N–H and O–H groups in total. The molecule has 1 aromatic rings. The van der Waals surface area contributed by atoms with Crippen LogP contribution in [-0.4, -0.2) is 54.8 Å². The van der Waals surface area contributed by atoms with Crippen LogP contribution in [0.2, 0.25) is 0 Å². The van der Waals surface area contributed by atoms with Gasteiger partial charge in [0, 0.05) is 44.4 Å². The second-order valence-electron chi connectivity index (χ2n) is 6.32. The number of nitrogens with two attached hydrogens (primary N) is 1. The molecule has 0 saturated heterocycles. The number of nitrogens with zero attached hydrogens (tertiary/aromatic N) is 2. The third kappa shape index (κ3) is 6.13. The van der Waals surface area contributed by atoms with Gasteiger partial charge in [0.25, 0.3) is 11.8 Å². The summed E-state index contributed by atoms with van der Waals surface area (Å²) in [7, 11) is 3.51. The highest BCUT2D eigenvalue weighted by atomic mass is 35.5. The molecule has 0 fully saturated rings. The Bertz CT molecular complexity index is 549. The summed E-state index contributed by atoms with van der Waals surface area (Å²) in [5, 5.41) is 0. The smallest absolute Gasteiger partial charge is 0.253 e. The number of benzene rings is 1. The number of carbonyl (C=O) groups is 2. The van der Waals surface area contributed by atoms with Crippen molar-refractivity contribution in [2.75, 3.05) is 27.2 Å². The monoisotopic (exact) mass is 355 g/mol. The van der Waals surface area contributed by atoms with Gasteiger partial charge in [0.2, 0.25) is 0 Å². The lowest BCUT2D eigenvalue weighted by atomic mass is 10.0. The summed E-state index contributed by atoms with van der Waals surface area (Å²) in [5.41, 5.74) is 7.09. The minimum Gasteiger partial charge on any atom is -0.342 e. The summed E-state index contributed by atoms with van der Waals surface area (Å²) in [6.45, 7) is 7.30. The summed E-state index contributed by atoms with van der Waals surface area (Å²) in [6.07, 6.45) is 0.761. The van der Waals surface area contributed by atoms with Crippen LogP contribution in [-0.2, 0) is 0 Å². The lowest BCUT2D eigenvalue weighted by Crippen LogP contribution is -2.34. The summed E-state index contributed by atoms with van der Waals surface area (Å²) in [5.74, 6) is 0.227. The maximum absolute atomic E-state index is 12.5. The Morgan fingerprint density at radius 1 is 1.08 bits per heavy atom. The predicted octanol–water partition coefficient (Wildman–Crippen LogP) is 2.65. The standard InChI is InChI=1S/C18H29N3O2.ClH/c1-6-20(4)17(22)14-8-7-9-15(12-14)18(23)21(5)11-10-16(19)13(2)3;/h7-9,12-13,16H,6,10-11,19H2,1-5H3;1H. The molecule has 2 amide bonds. The topological polar surface area (TPSA) is 66.6 Å². The Labute approximate surface area is 151 Å². The minimum absolute atomic E-state index is 0. The number of hydrogen-bond donors (Lipinski definition) is 1. The molecule has 0 aliphatic rings. The Morgan fingerprint density at radius 3 is 2.04 bits per heavy atom. The average Bonchev–Trinajstić information content (AvgIpc) is 2.57. The van der Waals surface area contributed by atoms with Gasteiger partial charge in [-0.1, -0.05) is 19.9 Å². The highest BCUT2D eigenvalue weighted by molar-refractivity contribution is 5.99. The molecule has 1 unspecified atom stereocenters. The Morgan fingerprint density at radius 2 is 1.58 bits per heavy atom. The molecule has 5 nitrogen and oxygen atoms in total. The van der Waals surface area contributed by atoms with E-state index in [4.69, 9.17) is 5.73 Å². The number of rotatable bonds is 7. The quantitative estimate of drug-likeness (QED) is 0.817. The van der Waals surface area contributed by atoms with Gasteiger partial charge >= 0.3 is 0 Å². The van der Waals surface area contributed by atoms with Gasteiger partial charge in [0.1, 0.15) is 0 Å². The zero-order valence-electron chi connectivity index (χ0n) is 15.3. The molecule has 136 valence electrons. The van der Waals surface area contributed by atoms with E-state index in [-0.39, 0.29) is 30.3 Å². The van der Waals surface area contributed by atoms with Gasteiger partial charge in [-0.05, 0) is 37.5 Å². The van der Waals surface area contributed by atoms with E-state index < -0.39 is 0 Å². The van der Waals surface area contributed by atoms with Crippen molar-refractivity contribution in [3.63, 3.8) is 0 Å². The average molecular weight is 356 g/mol. The van der Waals surface area contributed by atoms with Gasteiger partial charge in [-0.2, -0.15) is 0 Å². The van der Waals surface area contributed by atoms with Crippen molar-refractivity contribution < 1.29 is 9.59 Å². The van der Waals surface area contributed by atoms with Gasteiger partial charge in [-0.3, -0.25) is 9.59 Å². The predicted molar refractivity (Wildman–Crippen MR) is 101 cm³/mol. The summed E-state index contributed by atoms with van der Waals surface area (Å²) in [4.78, 5) is 28.0. The van der Waals surface area contributed by atoms with E-state index in [9.17, 15) is 9.59 Å². The molecule has 0 saturated carbocycles. The highest BCUT2D eigenvalue weighted by Gasteiger charge is 2.17. The van der Waals surface area contributed by atoms with Crippen molar-refractivity contribution in [3.8, 4) is 0 Å². The van der Waals surface area contributed by atoms with Gasteiger partial charge in [-0.15, -0.1) is 12.4 Å². The Kier molecular flexibility index (Phi) is 9.63. The van der Waals surface area contributed by atoms with Crippen LogP contribution in [0.5, 0.6) is 0 Å². The molecule has 0 heterocycles. The summed E-state index contributed by atoms with van der Waals surface area (Å²) < 4.78 is 0. The first-order valence-electron chi connectivity index (χ1n) is 8.14. The number of hydrogen-bond acceptors (Lipinski definition) is 3. The van der Waals surface area contributed by atoms with E-state index in [2.05, 4.69) is 13.8 Å². The van der Waals surface area contributed by atoms with Crippen LogP contribution in [0.4, 0.5) is 0 Å². The van der Waals surface area contributed by atoms with Crippen LogP contribution >= 0.6 is 12.4 Å². The zero-order chi connectivity index (χ0) is 17.6. The Hall–Kier alpha value is -1.59. The van der Waals surface area contributed by atoms with Crippen LogP contribution in [0.1, 0.15) is 47.9 Å². The SMILES string of the molecule is CCN(C)C(=O)c1cccc(C(=O)N(C)CCC(N)C(C)C)c1.Cl. The largest absolute Gasteiger partial charge is 0.342 e. The molecule has 0 aromatic heterocycles. The van der Waals surface area contributed by atoms with E-state index in [0.29, 0.717) is 30.1 Å². The lowest BCUT2D eigenvalue weighted by molar-refractivity contribution is 0.0789. The fourth-order valence-electron chi connectivity index (χ4n) is 2.15. The third-order valence-corrected chi connectivity index (χ3v) is 4.18. The molecular weight excluding hydrogens is 326 g/mol. The maximum atomic E-state index is 12.5. The van der Waals surface area contributed by atoms with Crippen molar-refractivity contribution in [3.05, 3.63) is 35.4 Å². The summed E-state index contributed by atoms with van der Waals surface area (Å²) >= 11 is 0. The van der Waals surface area contributed by atoms with Gasteiger partial charge < -0.3 is 15.5 Å². The van der Waals surface area contributed by atoms with Crippen molar-refractivity contribution in [2.45, 2.75) is 33.2 Å². The molecule has 0 aliphatic heterocycles. The first-order chi connectivity index (χ1) is 10.8. The number of carbonyl (C=O) groups excluding carboxylic acids is 2. The molecule has 1 aromatic carbocycles. The molecule has 0 aliphatic carbocycles. The second-order valence-corrected chi connectivity index (χ2v) is 6.32. The molecule has 6 heteroatoms. The van der Waals surface area contributed by atoms with Crippen molar-refractivity contribution in [1.29, 1.82) is 0 Å². The van der Waals surface area contributed by atoms with Crippen LogP contribution in [0.25, 0.3) is 0 Å². The first-order valence-corrected chi connectivity index (χ1v) is 8.14. The zero-order valence-corrected chi connectivity index (χ0v) is 16.1. The van der Waals surface area contributed by atoms with Crippen molar-refractivity contribution >= 4 is 24.2 Å². The Balaban J connectivity index is 0.00000529. The molecule has 0 spiro atoms. The summed E-state index contributed by atoms with van der Waals surface area (Å²) in [6, 6.07) is 6.97. The van der Waals surface area contributed by atoms with E-state index in [1.807, 2.05) is 6.92 Å². The van der Waals surface area contributed by atoms with E-state index in [1.165, 1.54) is 0 Å². The molecule has 1 atom stereocenters. The van der Waals surface area contributed by atoms with Crippen LogP contribution < -0.4 is 5.73 Å². The van der Waals surface area contributed by atoms with Gasteiger partial charge in [-0.25, -0.2) is 0 Å². The van der Waals surface area contributed by atoms with E-state index >= 15 is 0 Å². The molecular formula is C18H30ClN3O2. The van der Waals surface area contributed by atoms with Crippen LogP contribution in [0.3, 0.4) is 0 Å². The highest BCUT2D eigenvalue weighted by Crippen LogP contribution is 2.11. The number of halogens is 1. The second kappa shape index (κ2) is 10.3. The van der Waals surface area contributed by atoms with E-state index in [0.717, 1.165) is 6.42 Å². The first kappa shape index (κ1) is 22.4. The van der Waals surface area contributed by atoms with Gasteiger partial charge in [0.15, 0.2) is 0 Å². The normalized spacial score (nSPS) is 11.6. The van der Waals surface area contributed by atoms with Gasteiger partial charge in [0.05, 0.1) is 0 Å². The fourth-order valence-corrected chi connectivity index (χ4v) is 2.15. The molecule has 1 rings (SSSR count). The lowest BCUT2D eigenvalue weighted by Gasteiger charge is -2.22. The van der Waals surface area contributed by atoms with E-state index in [1.54, 1.807) is 48.2 Å². The van der Waals surface area contributed by atoms with Crippen molar-refractivity contribution in [1.82, 2.24) is 9.80 Å². The van der Waals surface area contributed by atoms with Crippen LogP contribution in [0.15, 0.2) is 24.3 Å². The molecule has 0 bridgehead atoms. The minimum atomic E-state index is -0.0882. The number of amides is 2. The fraction of sp³-hybridized carbons (Fsp3) is 0.556. The van der Waals surface area contributed by atoms with Crippen LogP contribution in [0, 0.1) is 5.92 Å².